The lowest BCUT2D eigenvalue weighted by molar-refractivity contribution is 0.311. The second kappa shape index (κ2) is 7.02. The highest BCUT2D eigenvalue weighted by molar-refractivity contribution is 5.94. The Morgan fingerprint density at radius 1 is 0.885 bits per heavy atom. The lowest BCUT2D eigenvalue weighted by atomic mass is 10.0. The minimum atomic E-state index is 0.230. The number of benzene rings is 3. The second-order valence-electron chi connectivity index (χ2n) is 6.50. The van der Waals surface area contributed by atoms with Crippen LogP contribution in [0, 0.1) is 0 Å². The van der Waals surface area contributed by atoms with E-state index < -0.39 is 0 Å². The van der Waals surface area contributed by atoms with Crippen LogP contribution in [0.15, 0.2) is 77.3 Å². The number of phenols is 1. The lowest BCUT2D eigenvalue weighted by Gasteiger charge is -2.17. The highest BCUT2D eigenvalue weighted by Gasteiger charge is 2.18. The summed E-state index contributed by atoms with van der Waals surface area (Å²) >= 11 is 0. The first kappa shape index (κ1) is 16.4. The Kier molecular flexibility index (Phi) is 4.42. The van der Waals surface area contributed by atoms with Crippen molar-refractivity contribution in [2.45, 2.75) is 13.1 Å². The van der Waals surface area contributed by atoms with E-state index in [9.17, 15) is 5.11 Å². The normalized spacial score (nSPS) is 11.3. The number of aromatic nitrogens is 1. The molecule has 0 aliphatic carbocycles. The summed E-state index contributed by atoms with van der Waals surface area (Å²) in [6.45, 7) is 1.36. The summed E-state index contributed by atoms with van der Waals surface area (Å²) in [5.74, 6) is 0.230. The minimum Gasteiger partial charge on any atom is -0.507 e. The standard InChI is InChI=1S/C22H20N2O2/c1-24(14-16-8-4-2-5-9-16)15-19-20(25)13-12-18-21(23-26-22(18)19)17-10-6-3-7-11-17/h2-13,25H,14-15H2,1H3. The van der Waals surface area contributed by atoms with Gasteiger partial charge < -0.3 is 9.63 Å². The molecule has 1 N–H and O–H groups in total. The van der Waals surface area contributed by atoms with Gasteiger partial charge in [-0.25, -0.2) is 0 Å². The van der Waals surface area contributed by atoms with Gasteiger partial charge in [0.15, 0.2) is 5.58 Å². The van der Waals surface area contributed by atoms with E-state index in [2.05, 4.69) is 22.2 Å². The Hall–Kier alpha value is -3.11. The van der Waals surface area contributed by atoms with Crippen molar-refractivity contribution in [2.24, 2.45) is 0 Å². The van der Waals surface area contributed by atoms with Crippen LogP contribution in [0.2, 0.25) is 0 Å². The van der Waals surface area contributed by atoms with Gasteiger partial charge in [-0.2, -0.15) is 0 Å². The first-order chi connectivity index (χ1) is 12.7. The molecule has 3 aromatic carbocycles. The Bertz CT molecular complexity index is 1010. The van der Waals surface area contributed by atoms with Gasteiger partial charge in [0.1, 0.15) is 11.4 Å². The molecule has 0 unspecified atom stereocenters. The summed E-state index contributed by atoms with van der Waals surface area (Å²) in [7, 11) is 2.03. The fraction of sp³-hybridized carbons (Fsp3) is 0.136. The number of phenolic OH excluding ortho intramolecular Hbond substituents is 1. The molecular weight excluding hydrogens is 324 g/mol. The van der Waals surface area contributed by atoms with Crippen LogP contribution in [-0.2, 0) is 13.1 Å². The molecule has 4 heteroatoms. The van der Waals surface area contributed by atoms with Crippen LogP contribution in [0.4, 0.5) is 0 Å². The molecule has 26 heavy (non-hydrogen) atoms. The van der Waals surface area contributed by atoms with Crippen molar-refractivity contribution in [2.75, 3.05) is 7.05 Å². The molecule has 1 heterocycles. The zero-order valence-corrected chi connectivity index (χ0v) is 14.6. The summed E-state index contributed by atoms with van der Waals surface area (Å²) in [4.78, 5) is 2.15. The summed E-state index contributed by atoms with van der Waals surface area (Å²) in [5, 5.41) is 15.6. The molecule has 4 rings (SSSR count). The monoisotopic (exact) mass is 344 g/mol. The molecule has 0 spiro atoms. The molecule has 0 saturated carbocycles. The first-order valence-electron chi connectivity index (χ1n) is 8.60. The molecule has 4 aromatic rings. The van der Waals surface area contributed by atoms with Crippen LogP contribution in [0.1, 0.15) is 11.1 Å². The quantitative estimate of drug-likeness (QED) is 0.563. The topological polar surface area (TPSA) is 49.5 Å². The summed E-state index contributed by atoms with van der Waals surface area (Å²) in [5.41, 5.74) is 4.43. The van der Waals surface area contributed by atoms with Crippen LogP contribution >= 0.6 is 0 Å². The van der Waals surface area contributed by atoms with Gasteiger partial charge in [0.25, 0.3) is 0 Å². The van der Waals surface area contributed by atoms with Gasteiger partial charge in [-0.15, -0.1) is 0 Å². The molecule has 0 amide bonds. The molecule has 4 nitrogen and oxygen atoms in total. The maximum atomic E-state index is 10.4. The van der Waals surface area contributed by atoms with E-state index >= 15 is 0 Å². The average molecular weight is 344 g/mol. The van der Waals surface area contributed by atoms with Crippen molar-refractivity contribution in [1.29, 1.82) is 0 Å². The Balaban J connectivity index is 1.67. The third kappa shape index (κ3) is 3.19. The van der Waals surface area contributed by atoms with Crippen molar-refractivity contribution in [1.82, 2.24) is 10.1 Å². The van der Waals surface area contributed by atoms with Gasteiger partial charge in [0.2, 0.25) is 0 Å². The number of aromatic hydroxyl groups is 1. The van der Waals surface area contributed by atoms with Crippen molar-refractivity contribution in [3.8, 4) is 17.0 Å². The maximum Gasteiger partial charge on any atom is 0.175 e. The maximum absolute atomic E-state index is 10.4. The van der Waals surface area contributed by atoms with Gasteiger partial charge in [-0.05, 0) is 24.7 Å². The molecule has 0 aliphatic heterocycles. The van der Waals surface area contributed by atoms with Gasteiger partial charge in [-0.3, -0.25) is 4.90 Å². The zero-order chi connectivity index (χ0) is 17.9. The van der Waals surface area contributed by atoms with Crippen LogP contribution in [-0.4, -0.2) is 22.2 Å². The predicted octanol–water partition coefficient (Wildman–Crippen LogP) is 4.83. The van der Waals surface area contributed by atoms with E-state index in [0.29, 0.717) is 12.1 Å². The van der Waals surface area contributed by atoms with E-state index in [1.54, 1.807) is 6.07 Å². The molecule has 0 radical (unpaired) electrons. The Morgan fingerprint density at radius 3 is 2.31 bits per heavy atom. The molecule has 1 aromatic heterocycles. The first-order valence-corrected chi connectivity index (χ1v) is 8.60. The number of fused-ring (bicyclic) bond motifs is 1. The number of rotatable bonds is 5. The van der Waals surface area contributed by atoms with Gasteiger partial charge in [0, 0.05) is 18.7 Å². The number of nitrogens with zero attached hydrogens (tertiary/aromatic N) is 2. The summed E-state index contributed by atoms with van der Waals surface area (Å²) in [6, 6.07) is 23.8. The third-order valence-corrected chi connectivity index (χ3v) is 4.49. The van der Waals surface area contributed by atoms with E-state index in [4.69, 9.17) is 4.52 Å². The lowest BCUT2D eigenvalue weighted by Crippen LogP contribution is -2.17. The Labute approximate surface area is 152 Å². The molecular formula is C22H20N2O2. The van der Waals surface area contributed by atoms with E-state index in [0.717, 1.165) is 28.8 Å². The average Bonchev–Trinajstić information content (AvgIpc) is 3.10. The largest absolute Gasteiger partial charge is 0.507 e. The smallest absolute Gasteiger partial charge is 0.175 e. The van der Waals surface area contributed by atoms with Crippen molar-refractivity contribution < 1.29 is 9.63 Å². The zero-order valence-electron chi connectivity index (χ0n) is 14.6. The fourth-order valence-corrected chi connectivity index (χ4v) is 3.23. The van der Waals surface area contributed by atoms with Crippen molar-refractivity contribution in [3.63, 3.8) is 0 Å². The van der Waals surface area contributed by atoms with Crippen LogP contribution < -0.4 is 0 Å². The number of hydrogen-bond acceptors (Lipinski definition) is 4. The highest BCUT2D eigenvalue weighted by Crippen LogP contribution is 2.34. The van der Waals surface area contributed by atoms with Crippen molar-refractivity contribution >= 4 is 11.0 Å². The fourth-order valence-electron chi connectivity index (χ4n) is 3.23. The predicted molar refractivity (Wildman–Crippen MR) is 103 cm³/mol. The minimum absolute atomic E-state index is 0.230. The van der Waals surface area contributed by atoms with E-state index in [1.807, 2.05) is 61.6 Å². The van der Waals surface area contributed by atoms with E-state index in [1.165, 1.54) is 5.56 Å². The number of hydrogen-bond donors (Lipinski definition) is 1. The van der Waals surface area contributed by atoms with Gasteiger partial charge in [0.05, 0.1) is 10.9 Å². The highest BCUT2D eigenvalue weighted by atomic mass is 16.5. The van der Waals surface area contributed by atoms with E-state index in [-0.39, 0.29) is 5.75 Å². The van der Waals surface area contributed by atoms with Crippen LogP contribution in [0.25, 0.3) is 22.2 Å². The molecule has 0 aliphatic rings. The Morgan fingerprint density at radius 2 is 1.58 bits per heavy atom. The molecule has 0 saturated heterocycles. The third-order valence-electron chi connectivity index (χ3n) is 4.49. The van der Waals surface area contributed by atoms with Gasteiger partial charge >= 0.3 is 0 Å². The molecule has 0 fully saturated rings. The van der Waals surface area contributed by atoms with Crippen molar-refractivity contribution in [3.05, 3.63) is 83.9 Å². The summed E-state index contributed by atoms with van der Waals surface area (Å²) < 4.78 is 5.63. The summed E-state index contributed by atoms with van der Waals surface area (Å²) in [6.07, 6.45) is 0. The molecule has 0 bridgehead atoms. The SMILES string of the molecule is CN(Cc1ccccc1)Cc1c(O)ccc2c(-c3ccccc3)noc12. The van der Waals surface area contributed by atoms with Gasteiger partial charge in [-0.1, -0.05) is 65.8 Å². The molecule has 0 atom stereocenters. The van der Waals surface area contributed by atoms with Crippen LogP contribution in [0.5, 0.6) is 5.75 Å². The van der Waals surface area contributed by atoms with Crippen LogP contribution in [0.3, 0.4) is 0 Å². The molecule has 130 valence electrons. The second-order valence-corrected chi connectivity index (χ2v) is 6.50.